The highest BCUT2D eigenvalue weighted by atomic mass is 35.5. The van der Waals surface area contributed by atoms with Gasteiger partial charge in [-0.3, -0.25) is 0 Å². The number of hydrogen-bond donors (Lipinski definition) is 2. The molecule has 7 heteroatoms. The van der Waals surface area contributed by atoms with Gasteiger partial charge in [-0.2, -0.15) is 0 Å². The lowest BCUT2D eigenvalue weighted by atomic mass is 10.1. The van der Waals surface area contributed by atoms with Crippen LogP contribution >= 0.6 is 22.9 Å². The van der Waals surface area contributed by atoms with E-state index in [-0.39, 0.29) is 11.4 Å². The molecule has 0 aliphatic rings. The Labute approximate surface area is 127 Å². The molecule has 4 nitrogen and oxygen atoms in total. The fraction of sp³-hybridized carbons (Fsp3) is 0.231. The molecule has 2 rings (SSSR count). The predicted octanol–water partition coefficient (Wildman–Crippen LogP) is 3.08. The summed E-state index contributed by atoms with van der Waals surface area (Å²) in [5.74, 6) is 0. The van der Waals surface area contributed by atoms with Crippen molar-refractivity contribution >= 4 is 38.6 Å². The second kappa shape index (κ2) is 5.73. The average Bonchev–Trinajstić information content (AvgIpc) is 2.79. The normalized spacial score (nSPS) is 11.8. The SMILES string of the molecule is Cc1cc(S(=O)(=O)NCc2ccc(Cl)s2)cc(N)c1C. The van der Waals surface area contributed by atoms with E-state index in [4.69, 9.17) is 17.3 Å². The lowest BCUT2D eigenvalue weighted by Gasteiger charge is -2.10. The van der Waals surface area contributed by atoms with Gasteiger partial charge in [0.2, 0.25) is 10.0 Å². The number of aryl methyl sites for hydroxylation is 1. The van der Waals surface area contributed by atoms with Crippen molar-refractivity contribution < 1.29 is 8.42 Å². The predicted molar refractivity (Wildman–Crippen MR) is 83.7 cm³/mol. The van der Waals surface area contributed by atoms with Crippen LogP contribution in [0.4, 0.5) is 5.69 Å². The van der Waals surface area contributed by atoms with Crippen molar-refractivity contribution in [1.82, 2.24) is 4.72 Å². The first-order chi connectivity index (χ1) is 9.29. The van der Waals surface area contributed by atoms with Crippen molar-refractivity contribution in [3.8, 4) is 0 Å². The van der Waals surface area contributed by atoms with Crippen LogP contribution in [0, 0.1) is 13.8 Å². The van der Waals surface area contributed by atoms with Crippen LogP contribution in [0.5, 0.6) is 0 Å². The van der Waals surface area contributed by atoms with E-state index in [9.17, 15) is 8.42 Å². The third kappa shape index (κ3) is 3.32. The van der Waals surface area contributed by atoms with Crippen LogP contribution in [0.15, 0.2) is 29.2 Å². The number of thiophene rings is 1. The molecule has 0 radical (unpaired) electrons. The zero-order valence-electron chi connectivity index (χ0n) is 11.1. The molecule has 3 N–H and O–H groups in total. The molecule has 1 aromatic carbocycles. The lowest BCUT2D eigenvalue weighted by molar-refractivity contribution is 0.581. The molecule has 0 atom stereocenters. The van der Waals surface area contributed by atoms with Crippen LogP contribution in [0.1, 0.15) is 16.0 Å². The minimum Gasteiger partial charge on any atom is -0.398 e. The van der Waals surface area contributed by atoms with Gasteiger partial charge in [0.15, 0.2) is 0 Å². The molecule has 108 valence electrons. The molecule has 0 aliphatic heterocycles. The number of sulfonamides is 1. The van der Waals surface area contributed by atoms with Gasteiger partial charge in [-0.25, -0.2) is 13.1 Å². The smallest absolute Gasteiger partial charge is 0.240 e. The molecule has 0 amide bonds. The van der Waals surface area contributed by atoms with Crippen LogP contribution in [0.25, 0.3) is 0 Å². The van der Waals surface area contributed by atoms with Crippen molar-refractivity contribution in [2.24, 2.45) is 0 Å². The van der Waals surface area contributed by atoms with Gasteiger partial charge in [0.05, 0.1) is 9.23 Å². The van der Waals surface area contributed by atoms with E-state index in [0.29, 0.717) is 10.0 Å². The maximum atomic E-state index is 12.2. The maximum absolute atomic E-state index is 12.2. The first-order valence-corrected chi connectivity index (χ1v) is 8.58. The van der Waals surface area contributed by atoms with E-state index in [0.717, 1.165) is 16.0 Å². The lowest BCUT2D eigenvalue weighted by Crippen LogP contribution is -2.23. The maximum Gasteiger partial charge on any atom is 0.240 e. The van der Waals surface area contributed by atoms with Gasteiger partial charge in [-0.1, -0.05) is 11.6 Å². The van der Waals surface area contributed by atoms with Gasteiger partial charge in [0, 0.05) is 17.1 Å². The molecule has 0 fully saturated rings. The van der Waals surface area contributed by atoms with Crippen molar-refractivity contribution in [3.05, 3.63) is 44.6 Å². The van der Waals surface area contributed by atoms with Crippen molar-refractivity contribution in [2.45, 2.75) is 25.3 Å². The van der Waals surface area contributed by atoms with Crippen LogP contribution in [0.3, 0.4) is 0 Å². The topological polar surface area (TPSA) is 72.2 Å². The number of anilines is 1. The molecule has 0 saturated carbocycles. The summed E-state index contributed by atoms with van der Waals surface area (Å²) in [5, 5.41) is 0. The van der Waals surface area contributed by atoms with Crippen molar-refractivity contribution in [3.63, 3.8) is 0 Å². The van der Waals surface area contributed by atoms with Crippen LogP contribution in [-0.2, 0) is 16.6 Å². The molecule has 20 heavy (non-hydrogen) atoms. The number of hydrogen-bond acceptors (Lipinski definition) is 4. The Balaban J connectivity index is 2.22. The fourth-order valence-corrected chi connectivity index (χ4v) is 3.95. The quantitative estimate of drug-likeness (QED) is 0.846. The number of nitrogens with two attached hydrogens (primary N) is 1. The highest BCUT2D eigenvalue weighted by Gasteiger charge is 2.16. The summed E-state index contributed by atoms with van der Waals surface area (Å²) in [5.41, 5.74) is 8.05. The second-order valence-electron chi connectivity index (χ2n) is 4.48. The number of nitrogens with one attached hydrogen (secondary N) is 1. The van der Waals surface area contributed by atoms with Crippen LogP contribution in [-0.4, -0.2) is 8.42 Å². The highest BCUT2D eigenvalue weighted by molar-refractivity contribution is 7.89. The molecule has 2 aromatic rings. The number of halogens is 1. The summed E-state index contributed by atoms with van der Waals surface area (Å²) in [6.07, 6.45) is 0. The summed E-state index contributed by atoms with van der Waals surface area (Å²) >= 11 is 7.16. The van der Waals surface area contributed by atoms with E-state index in [1.807, 2.05) is 13.8 Å². The number of nitrogen functional groups attached to an aromatic ring is 1. The van der Waals surface area contributed by atoms with E-state index >= 15 is 0 Å². The Morgan fingerprint density at radius 1 is 1.30 bits per heavy atom. The summed E-state index contributed by atoms with van der Waals surface area (Å²) in [4.78, 5) is 1.04. The van der Waals surface area contributed by atoms with Crippen molar-refractivity contribution in [1.29, 1.82) is 0 Å². The number of rotatable bonds is 4. The molecular formula is C13H15ClN2O2S2. The average molecular weight is 331 g/mol. The Bertz CT molecular complexity index is 716. The highest BCUT2D eigenvalue weighted by Crippen LogP contribution is 2.23. The van der Waals surface area contributed by atoms with E-state index in [1.54, 1.807) is 18.2 Å². The molecule has 1 aromatic heterocycles. The standard InChI is InChI=1S/C13H15ClN2O2S2/c1-8-5-11(6-12(15)9(8)2)20(17,18)16-7-10-3-4-13(14)19-10/h3-6,16H,7,15H2,1-2H3. The van der Waals surface area contributed by atoms with Gasteiger partial charge in [-0.05, 0) is 49.2 Å². The first kappa shape index (κ1) is 15.3. The van der Waals surface area contributed by atoms with Gasteiger partial charge in [0.1, 0.15) is 0 Å². The minimum atomic E-state index is -3.58. The third-order valence-corrected chi connectivity index (χ3v) is 5.67. The Hall–Kier alpha value is -1.08. The Morgan fingerprint density at radius 3 is 2.55 bits per heavy atom. The number of benzene rings is 1. The summed E-state index contributed by atoms with van der Waals surface area (Å²) in [7, 11) is -3.58. The summed E-state index contributed by atoms with van der Waals surface area (Å²) in [6, 6.07) is 6.63. The summed E-state index contributed by atoms with van der Waals surface area (Å²) in [6.45, 7) is 3.92. The van der Waals surface area contributed by atoms with E-state index in [2.05, 4.69) is 4.72 Å². The second-order valence-corrected chi connectivity index (χ2v) is 8.05. The fourth-order valence-electron chi connectivity index (χ4n) is 1.70. The minimum absolute atomic E-state index is 0.181. The van der Waals surface area contributed by atoms with Crippen LogP contribution in [0.2, 0.25) is 4.34 Å². The van der Waals surface area contributed by atoms with Gasteiger partial charge >= 0.3 is 0 Å². The van der Waals surface area contributed by atoms with Crippen molar-refractivity contribution in [2.75, 3.05) is 5.73 Å². The van der Waals surface area contributed by atoms with Gasteiger partial charge in [0.25, 0.3) is 0 Å². The van der Waals surface area contributed by atoms with Gasteiger partial charge in [-0.15, -0.1) is 11.3 Å². The molecule has 0 unspecified atom stereocenters. The van der Waals surface area contributed by atoms with Gasteiger partial charge < -0.3 is 5.73 Å². The Morgan fingerprint density at radius 2 is 2.00 bits per heavy atom. The molecule has 1 heterocycles. The third-order valence-electron chi connectivity index (χ3n) is 3.06. The molecular weight excluding hydrogens is 316 g/mol. The molecule has 0 aliphatic carbocycles. The van der Waals surface area contributed by atoms with E-state index in [1.165, 1.54) is 17.4 Å². The largest absolute Gasteiger partial charge is 0.398 e. The zero-order chi connectivity index (χ0) is 14.9. The molecule has 0 bridgehead atoms. The molecule has 0 spiro atoms. The van der Waals surface area contributed by atoms with E-state index < -0.39 is 10.0 Å². The Kier molecular flexibility index (Phi) is 4.39. The molecule has 0 saturated heterocycles. The zero-order valence-corrected chi connectivity index (χ0v) is 13.5. The van der Waals surface area contributed by atoms with Crippen LogP contribution < -0.4 is 10.5 Å². The monoisotopic (exact) mass is 330 g/mol. The first-order valence-electron chi connectivity index (χ1n) is 5.90. The summed E-state index contributed by atoms with van der Waals surface area (Å²) < 4.78 is 27.6.